The van der Waals surface area contributed by atoms with E-state index in [0.29, 0.717) is 5.75 Å². The molecule has 0 radical (unpaired) electrons. The highest BCUT2D eigenvalue weighted by atomic mass is 32.2. The zero-order valence-corrected chi connectivity index (χ0v) is 11.3. The fourth-order valence-corrected chi connectivity index (χ4v) is 2.47. The summed E-state index contributed by atoms with van der Waals surface area (Å²) in [6.45, 7) is 2.30. The van der Waals surface area contributed by atoms with E-state index in [1.807, 2.05) is 24.5 Å². The minimum absolute atomic E-state index is 0.00358. The van der Waals surface area contributed by atoms with Crippen LogP contribution >= 0.6 is 11.8 Å². The zero-order chi connectivity index (χ0) is 13.1. The van der Waals surface area contributed by atoms with E-state index in [-0.39, 0.29) is 11.8 Å². The maximum absolute atomic E-state index is 11.5. The predicted molar refractivity (Wildman–Crippen MR) is 75.2 cm³/mol. The van der Waals surface area contributed by atoms with Crippen LogP contribution in [0.4, 0.5) is 11.4 Å². The van der Waals surface area contributed by atoms with E-state index >= 15 is 0 Å². The Morgan fingerprint density at radius 3 is 2.89 bits per heavy atom. The Labute approximate surface area is 111 Å². The third-order valence-electron chi connectivity index (χ3n) is 2.91. The van der Waals surface area contributed by atoms with Gasteiger partial charge in [0.25, 0.3) is 0 Å². The number of fused-ring (bicyclic) bond motifs is 1. The van der Waals surface area contributed by atoms with Crippen LogP contribution in [0.25, 0.3) is 0 Å². The number of carbonyl (C=O) groups excluding carboxylic acids is 2. The Morgan fingerprint density at radius 2 is 2.22 bits per heavy atom. The number of hydrogen-bond donors (Lipinski definition) is 1. The van der Waals surface area contributed by atoms with Gasteiger partial charge in [0.15, 0.2) is 0 Å². The summed E-state index contributed by atoms with van der Waals surface area (Å²) in [4.78, 5) is 24.7. The Bertz CT molecular complexity index is 488. The molecular formula is C13H16N2O2S. The highest BCUT2D eigenvalue weighted by Crippen LogP contribution is 2.30. The van der Waals surface area contributed by atoms with Gasteiger partial charge in [0.05, 0.1) is 5.75 Å². The lowest BCUT2D eigenvalue weighted by Gasteiger charge is -2.15. The van der Waals surface area contributed by atoms with Gasteiger partial charge >= 0.3 is 0 Å². The van der Waals surface area contributed by atoms with Crippen LogP contribution in [0.3, 0.4) is 0 Å². The van der Waals surface area contributed by atoms with E-state index in [0.717, 1.165) is 29.9 Å². The van der Waals surface area contributed by atoms with Gasteiger partial charge in [-0.25, -0.2) is 0 Å². The first kappa shape index (κ1) is 13.0. The quantitative estimate of drug-likeness (QED) is 0.907. The molecule has 1 aliphatic rings. The lowest BCUT2D eigenvalue weighted by Crippen LogP contribution is -2.25. The molecule has 1 aliphatic heterocycles. The van der Waals surface area contributed by atoms with Gasteiger partial charge in [-0.2, -0.15) is 11.8 Å². The van der Waals surface area contributed by atoms with Crippen molar-refractivity contribution in [2.45, 2.75) is 13.3 Å². The maximum Gasteiger partial charge on any atom is 0.234 e. The lowest BCUT2D eigenvalue weighted by molar-refractivity contribution is -0.116. The highest BCUT2D eigenvalue weighted by Gasteiger charge is 2.22. The maximum atomic E-state index is 11.5. The molecule has 0 aromatic heterocycles. The van der Waals surface area contributed by atoms with Crippen LogP contribution in [0.5, 0.6) is 0 Å². The smallest absolute Gasteiger partial charge is 0.234 e. The molecule has 0 fully saturated rings. The van der Waals surface area contributed by atoms with Crippen molar-refractivity contribution in [3.63, 3.8) is 0 Å². The molecule has 0 aliphatic carbocycles. The molecule has 2 rings (SSSR count). The van der Waals surface area contributed by atoms with Gasteiger partial charge in [0.1, 0.15) is 0 Å². The molecule has 0 bridgehead atoms. The molecule has 0 atom stereocenters. The molecular weight excluding hydrogens is 248 g/mol. The first-order valence-corrected chi connectivity index (χ1v) is 7.21. The SMILES string of the molecule is CSCC(=O)Nc1ccc2c(c1)CCN2C(C)=O. The Kier molecular flexibility index (Phi) is 3.91. The summed E-state index contributed by atoms with van der Waals surface area (Å²) >= 11 is 1.49. The van der Waals surface area contributed by atoms with Crippen molar-refractivity contribution in [3.8, 4) is 0 Å². The molecule has 2 amide bonds. The van der Waals surface area contributed by atoms with Crippen LogP contribution in [0, 0.1) is 0 Å². The second-order valence-electron chi connectivity index (χ2n) is 4.25. The Balaban J connectivity index is 2.14. The number of rotatable bonds is 3. The van der Waals surface area contributed by atoms with E-state index in [4.69, 9.17) is 0 Å². The van der Waals surface area contributed by atoms with E-state index in [2.05, 4.69) is 5.32 Å². The third kappa shape index (κ3) is 2.67. The van der Waals surface area contributed by atoms with Gasteiger partial charge in [-0.15, -0.1) is 0 Å². The number of carbonyl (C=O) groups is 2. The van der Waals surface area contributed by atoms with Crippen LogP contribution < -0.4 is 10.2 Å². The minimum Gasteiger partial charge on any atom is -0.325 e. The summed E-state index contributed by atoms with van der Waals surface area (Å²) in [5, 5.41) is 2.85. The Morgan fingerprint density at radius 1 is 1.44 bits per heavy atom. The molecule has 1 aromatic rings. The summed E-state index contributed by atoms with van der Waals surface area (Å²) in [6, 6.07) is 5.70. The molecule has 1 heterocycles. The molecule has 0 spiro atoms. The number of amides is 2. The van der Waals surface area contributed by atoms with Crippen molar-refractivity contribution in [3.05, 3.63) is 23.8 Å². The first-order chi connectivity index (χ1) is 8.61. The molecule has 1 aromatic carbocycles. The van der Waals surface area contributed by atoms with Crippen LogP contribution in [0.15, 0.2) is 18.2 Å². The summed E-state index contributed by atoms with van der Waals surface area (Å²) in [6.07, 6.45) is 2.74. The number of anilines is 2. The zero-order valence-electron chi connectivity index (χ0n) is 10.5. The topological polar surface area (TPSA) is 49.4 Å². The largest absolute Gasteiger partial charge is 0.325 e. The van der Waals surface area contributed by atoms with Gasteiger partial charge < -0.3 is 10.2 Å². The van der Waals surface area contributed by atoms with E-state index in [1.54, 1.807) is 11.8 Å². The average molecular weight is 264 g/mol. The minimum atomic E-state index is 0.00358. The van der Waals surface area contributed by atoms with Crippen LogP contribution in [0.1, 0.15) is 12.5 Å². The van der Waals surface area contributed by atoms with Gasteiger partial charge in [-0.05, 0) is 36.4 Å². The molecule has 1 N–H and O–H groups in total. The average Bonchev–Trinajstić information content (AvgIpc) is 2.72. The standard InChI is InChI=1S/C13H16N2O2S/c1-9(16)15-6-5-10-7-11(3-4-12(10)15)14-13(17)8-18-2/h3-4,7H,5-6,8H2,1-2H3,(H,14,17). The summed E-state index contributed by atoms with van der Waals surface area (Å²) in [5.41, 5.74) is 2.88. The molecule has 96 valence electrons. The van der Waals surface area contributed by atoms with E-state index in [1.165, 1.54) is 11.8 Å². The number of benzene rings is 1. The van der Waals surface area contributed by atoms with Crippen molar-refractivity contribution in [1.82, 2.24) is 0 Å². The van der Waals surface area contributed by atoms with Gasteiger partial charge in [-0.3, -0.25) is 9.59 Å². The van der Waals surface area contributed by atoms with Crippen molar-refractivity contribution in [2.75, 3.05) is 28.8 Å². The summed E-state index contributed by atoms with van der Waals surface area (Å²) in [7, 11) is 0. The number of nitrogens with zero attached hydrogens (tertiary/aromatic N) is 1. The van der Waals surface area contributed by atoms with Crippen molar-refractivity contribution in [2.24, 2.45) is 0 Å². The molecule has 18 heavy (non-hydrogen) atoms. The highest BCUT2D eigenvalue weighted by molar-refractivity contribution is 7.99. The predicted octanol–water partition coefficient (Wildman–Crippen LogP) is 1.90. The van der Waals surface area contributed by atoms with Crippen LogP contribution in [0.2, 0.25) is 0 Å². The van der Waals surface area contributed by atoms with Gasteiger partial charge in [0.2, 0.25) is 11.8 Å². The lowest BCUT2D eigenvalue weighted by atomic mass is 10.1. The van der Waals surface area contributed by atoms with Crippen LogP contribution in [-0.2, 0) is 16.0 Å². The van der Waals surface area contributed by atoms with E-state index < -0.39 is 0 Å². The molecule has 0 unspecified atom stereocenters. The second-order valence-corrected chi connectivity index (χ2v) is 5.11. The molecule has 0 saturated heterocycles. The molecule has 4 nitrogen and oxygen atoms in total. The third-order valence-corrected chi connectivity index (χ3v) is 3.47. The molecule has 5 heteroatoms. The fourth-order valence-electron chi connectivity index (χ4n) is 2.13. The van der Waals surface area contributed by atoms with Crippen molar-refractivity contribution < 1.29 is 9.59 Å². The fraction of sp³-hybridized carbons (Fsp3) is 0.385. The number of nitrogens with one attached hydrogen (secondary N) is 1. The summed E-state index contributed by atoms with van der Waals surface area (Å²) < 4.78 is 0. The first-order valence-electron chi connectivity index (χ1n) is 5.81. The number of thioether (sulfide) groups is 1. The van der Waals surface area contributed by atoms with Gasteiger partial charge in [-0.1, -0.05) is 0 Å². The van der Waals surface area contributed by atoms with Gasteiger partial charge in [0, 0.05) is 24.8 Å². The van der Waals surface area contributed by atoms with Crippen molar-refractivity contribution in [1.29, 1.82) is 0 Å². The summed E-state index contributed by atoms with van der Waals surface area (Å²) in [5.74, 6) is 0.521. The van der Waals surface area contributed by atoms with Crippen LogP contribution in [-0.4, -0.2) is 30.4 Å². The Hall–Kier alpha value is -1.49. The molecule has 0 saturated carbocycles. The second kappa shape index (κ2) is 5.44. The van der Waals surface area contributed by atoms with Crippen molar-refractivity contribution >= 4 is 35.0 Å². The number of hydrogen-bond acceptors (Lipinski definition) is 3. The van der Waals surface area contributed by atoms with E-state index in [9.17, 15) is 9.59 Å². The normalized spacial score (nSPS) is 13.3. The monoisotopic (exact) mass is 264 g/mol.